The first-order valence-corrected chi connectivity index (χ1v) is 12.8. The van der Waals surface area contributed by atoms with Gasteiger partial charge in [0.15, 0.2) is 0 Å². The molecule has 0 bridgehead atoms. The number of amides is 1. The Morgan fingerprint density at radius 1 is 1.12 bits per heavy atom. The smallest absolute Gasteiger partial charge is 0.286 e. The molecule has 1 amide bonds. The van der Waals surface area contributed by atoms with Gasteiger partial charge in [-0.1, -0.05) is 40.6 Å². The molecule has 1 aromatic heterocycles. The molecule has 1 aliphatic heterocycles. The van der Waals surface area contributed by atoms with E-state index in [2.05, 4.69) is 15.5 Å². The van der Waals surface area contributed by atoms with Gasteiger partial charge >= 0.3 is 0 Å². The zero-order valence-electron chi connectivity index (χ0n) is 17.9. The van der Waals surface area contributed by atoms with E-state index < -0.39 is 22.0 Å². The van der Waals surface area contributed by atoms with Crippen LogP contribution in [0.5, 0.6) is 0 Å². The van der Waals surface area contributed by atoms with Crippen LogP contribution >= 0.6 is 22.9 Å². The fraction of sp³-hybridized carbons (Fsp3) is 0.318. The van der Waals surface area contributed by atoms with E-state index in [0.717, 1.165) is 34.4 Å². The number of benzene rings is 2. The number of hydrogen-bond donors (Lipinski definition) is 1. The number of carbonyl (C=O) groups is 1. The summed E-state index contributed by atoms with van der Waals surface area (Å²) < 4.78 is 28.6. The third-order valence-electron chi connectivity index (χ3n) is 5.40. The number of nitrogens with zero attached hydrogens (tertiary/aromatic N) is 3. The molecule has 7 nitrogen and oxygen atoms in total. The zero-order chi connectivity index (χ0) is 23.0. The highest BCUT2D eigenvalue weighted by Gasteiger charge is 2.39. The van der Waals surface area contributed by atoms with E-state index in [1.54, 1.807) is 24.3 Å². The van der Waals surface area contributed by atoms with Gasteiger partial charge < -0.3 is 5.32 Å². The molecule has 2 aromatic carbocycles. The van der Waals surface area contributed by atoms with Gasteiger partial charge in [-0.05, 0) is 69.0 Å². The highest BCUT2D eigenvalue weighted by molar-refractivity contribution is 7.89. The molecule has 0 radical (unpaired) electrons. The second kappa shape index (κ2) is 8.90. The molecule has 0 aliphatic carbocycles. The first-order valence-electron chi connectivity index (χ1n) is 10.2. The second-order valence-corrected chi connectivity index (χ2v) is 11.2. The monoisotopic (exact) mass is 490 g/mol. The third kappa shape index (κ3) is 4.43. The van der Waals surface area contributed by atoms with Gasteiger partial charge in [0.25, 0.3) is 5.91 Å². The second-order valence-electron chi connectivity index (χ2n) is 7.91. The van der Waals surface area contributed by atoms with Gasteiger partial charge in [0.2, 0.25) is 15.0 Å². The summed E-state index contributed by atoms with van der Waals surface area (Å²) in [5, 5.41) is 12.2. The van der Waals surface area contributed by atoms with E-state index in [1.165, 1.54) is 4.31 Å². The summed E-state index contributed by atoms with van der Waals surface area (Å²) in [5.74, 6) is -0.395. The molecule has 168 valence electrons. The standard InChI is InChI=1S/C22H23ClN4O3S2/c1-13-11-14(2)19(15(3)12-13)32(29,30)27-10-4-5-18(27)21-25-26-22(31-21)20(28)24-17-8-6-16(23)7-9-17/h6-9,11-12,18H,4-5,10H2,1-3H3,(H,24,28)/t18-/m1/s1. The number of carbonyl (C=O) groups excluding carboxylic acids is 1. The Balaban J connectivity index is 1.59. The maximum atomic E-state index is 13.6. The van der Waals surface area contributed by atoms with E-state index in [4.69, 9.17) is 11.6 Å². The lowest BCUT2D eigenvalue weighted by atomic mass is 10.1. The highest BCUT2D eigenvalue weighted by atomic mass is 35.5. The lowest BCUT2D eigenvalue weighted by molar-refractivity contribution is 0.102. The van der Waals surface area contributed by atoms with E-state index in [1.807, 2.05) is 32.9 Å². The molecule has 2 heterocycles. The van der Waals surface area contributed by atoms with Gasteiger partial charge in [0.1, 0.15) is 5.01 Å². The van der Waals surface area contributed by atoms with Crippen LogP contribution in [-0.2, 0) is 10.0 Å². The molecule has 0 spiro atoms. The minimum Gasteiger partial charge on any atom is -0.320 e. The summed E-state index contributed by atoms with van der Waals surface area (Å²) in [6.07, 6.45) is 1.36. The Kier molecular flexibility index (Phi) is 6.35. The molecule has 1 fully saturated rings. The van der Waals surface area contributed by atoms with Crippen molar-refractivity contribution in [2.45, 2.75) is 44.6 Å². The average Bonchev–Trinajstić information content (AvgIpc) is 3.38. The molecule has 0 saturated carbocycles. The third-order valence-corrected chi connectivity index (χ3v) is 8.89. The molecule has 1 saturated heterocycles. The average molecular weight is 491 g/mol. The highest BCUT2D eigenvalue weighted by Crippen LogP contribution is 2.39. The quantitative estimate of drug-likeness (QED) is 0.549. The van der Waals surface area contributed by atoms with E-state index in [-0.39, 0.29) is 5.01 Å². The van der Waals surface area contributed by atoms with Gasteiger partial charge in [-0.25, -0.2) is 8.42 Å². The van der Waals surface area contributed by atoms with Crippen molar-refractivity contribution in [3.8, 4) is 0 Å². The molecule has 1 aliphatic rings. The van der Waals surface area contributed by atoms with Crippen LogP contribution < -0.4 is 5.32 Å². The number of hydrogen-bond acceptors (Lipinski definition) is 6. The minimum absolute atomic E-state index is 0.182. The fourth-order valence-electron chi connectivity index (χ4n) is 4.14. The van der Waals surface area contributed by atoms with Crippen molar-refractivity contribution in [1.29, 1.82) is 0 Å². The molecule has 0 unspecified atom stereocenters. The molecular formula is C22H23ClN4O3S2. The van der Waals surface area contributed by atoms with Crippen LogP contribution in [0.2, 0.25) is 5.02 Å². The van der Waals surface area contributed by atoms with Crippen LogP contribution in [0.4, 0.5) is 5.69 Å². The van der Waals surface area contributed by atoms with Crippen LogP contribution in [0, 0.1) is 20.8 Å². The normalized spacial score (nSPS) is 16.9. The number of halogens is 1. The number of aryl methyl sites for hydroxylation is 3. The van der Waals surface area contributed by atoms with Gasteiger partial charge in [-0.15, -0.1) is 10.2 Å². The number of nitrogens with one attached hydrogen (secondary N) is 1. The van der Waals surface area contributed by atoms with Crippen molar-refractivity contribution >= 4 is 44.6 Å². The molecule has 10 heteroatoms. The van der Waals surface area contributed by atoms with E-state index in [9.17, 15) is 13.2 Å². The molecule has 3 aromatic rings. The van der Waals surface area contributed by atoms with Crippen LogP contribution in [0.25, 0.3) is 0 Å². The summed E-state index contributed by atoms with van der Waals surface area (Å²) in [6, 6.07) is 10.1. The Morgan fingerprint density at radius 3 is 2.44 bits per heavy atom. The Hall–Kier alpha value is -2.33. The summed E-state index contributed by atoms with van der Waals surface area (Å²) >= 11 is 7.00. The maximum absolute atomic E-state index is 13.6. The summed E-state index contributed by atoms with van der Waals surface area (Å²) in [7, 11) is -3.72. The topological polar surface area (TPSA) is 92.3 Å². The Labute approximate surface area is 196 Å². The molecule has 4 rings (SSSR count). The molecule has 1 atom stereocenters. The molecule has 1 N–H and O–H groups in total. The van der Waals surface area contributed by atoms with Crippen molar-refractivity contribution in [1.82, 2.24) is 14.5 Å². The van der Waals surface area contributed by atoms with Crippen molar-refractivity contribution in [3.05, 3.63) is 68.1 Å². The number of anilines is 1. The molecule has 32 heavy (non-hydrogen) atoms. The van der Waals surface area contributed by atoms with Gasteiger partial charge in [0, 0.05) is 17.3 Å². The zero-order valence-corrected chi connectivity index (χ0v) is 20.3. The first-order chi connectivity index (χ1) is 15.2. The van der Waals surface area contributed by atoms with Crippen LogP contribution in [0.3, 0.4) is 0 Å². The SMILES string of the molecule is Cc1cc(C)c(S(=O)(=O)N2CCC[C@@H]2c2nnc(C(=O)Nc3ccc(Cl)cc3)s2)c(C)c1. The van der Waals surface area contributed by atoms with Crippen molar-refractivity contribution in [2.75, 3.05) is 11.9 Å². The van der Waals surface area contributed by atoms with Crippen LogP contribution in [0.1, 0.15) is 50.4 Å². The van der Waals surface area contributed by atoms with Crippen molar-refractivity contribution in [2.24, 2.45) is 0 Å². The van der Waals surface area contributed by atoms with E-state index in [0.29, 0.717) is 33.6 Å². The predicted octanol–water partition coefficient (Wildman–Crippen LogP) is 4.89. The summed E-state index contributed by atoms with van der Waals surface area (Å²) in [5.41, 5.74) is 3.07. The predicted molar refractivity (Wildman–Crippen MR) is 126 cm³/mol. The van der Waals surface area contributed by atoms with Gasteiger partial charge in [-0.2, -0.15) is 4.31 Å². The lowest BCUT2D eigenvalue weighted by Gasteiger charge is -2.24. The molecular weight excluding hydrogens is 468 g/mol. The Morgan fingerprint density at radius 2 is 1.78 bits per heavy atom. The summed E-state index contributed by atoms with van der Waals surface area (Å²) in [4.78, 5) is 12.9. The van der Waals surface area contributed by atoms with Gasteiger partial charge in [0.05, 0.1) is 10.9 Å². The van der Waals surface area contributed by atoms with E-state index >= 15 is 0 Å². The van der Waals surface area contributed by atoms with Crippen molar-refractivity contribution in [3.63, 3.8) is 0 Å². The first kappa shape index (κ1) is 22.8. The Bertz CT molecular complexity index is 1250. The fourth-order valence-corrected chi connectivity index (χ4v) is 7.30. The van der Waals surface area contributed by atoms with Crippen LogP contribution in [0.15, 0.2) is 41.3 Å². The number of sulfonamides is 1. The lowest BCUT2D eigenvalue weighted by Crippen LogP contribution is -2.31. The summed E-state index contributed by atoms with van der Waals surface area (Å²) in [6.45, 7) is 6.00. The van der Waals surface area contributed by atoms with Gasteiger partial charge in [-0.3, -0.25) is 4.79 Å². The van der Waals surface area contributed by atoms with Crippen molar-refractivity contribution < 1.29 is 13.2 Å². The largest absolute Gasteiger partial charge is 0.320 e. The number of rotatable bonds is 5. The minimum atomic E-state index is -3.72. The maximum Gasteiger partial charge on any atom is 0.286 e. The number of aromatic nitrogens is 2. The van der Waals surface area contributed by atoms with Crippen LogP contribution in [-0.4, -0.2) is 35.4 Å².